The van der Waals surface area contributed by atoms with Gasteiger partial charge >= 0.3 is 0 Å². The molecule has 0 aliphatic carbocycles. The molecule has 20 heavy (non-hydrogen) atoms. The second kappa shape index (κ2) is 6.02. The van der Waals surface area contributed by atoms with Gasteiger partial charge in [-0.25, -0.2) is 0 Å². The largest absolute Gasteiger partial charge is 0.454 e. The maximum atomic E-state index is 9.52. The van der Waals surface area contributed by atoms with Crippen molar-refractivity contribution < 1.29 is 14.6 Å². The molecule has 1 aromatic rings. The summed E-state index contributed by atoms with van der Waals surface area (Å²) in [5.41, 5.74) is 1.25. The van der Waals surface area contributed by atoms with E-state index in [0.717, 1.165) is 24.5 Å². The first-order chi connectivity index (χ1) is 9.37. The molecule has 2 N–H and O–H groups in total. The van der Waals surface area contributed by atoms with Crippen LogP contribution in [0.25, 0.3) is 0 Å². The van der Waals surface area contributed by atoms with Crippen LogP contribution < -0.4 is 14.8 Å². The van der Waals surface area contributed by atoms with Crippen molar-refractivity contribution in [2.45, 2.75) is 46.3 Å². The summed E-state index contributed by atoms with van der Waals surface area (Å²) in [5.74, 6) is 1.63. The Morgan fingerprint density at radius 3 is 2.65 bits per heavy atom. The fourth-order valence-corrected chi connectivity index (χ4v) is 2.60. The molecule has 4 heteroatoms. The Morgan fingerprint density at radius 2 is 1.95 bits per heavy atom. The van der Waals surface area contributed by atoms with Crippen LogP contribution in [-0.2, 0) is 0 Å². The van der Waals surface area contributed by atoms with Gasteiger partial charge in [-0.1, -0.05) is 19.9 Å². The summed E-state index contributed by atoms with van der Waals surface area (Å²) in [7, 11) is 0. The third-order valence-electron chi connectivity index (χ3n) is 3.63. The first-order valence-corrected chi connectivity index (χ1v) is 7.18. The van der Waals surface area contributed by atoms with Crippen LogP contribution in [0.1, 0.15) is 45.7 Å². The Kier molecular flexibility index (Phi) is 4.55. The molecule has 0 saturated heterocycles. The van der Waals surface area contributed by atoms with E-state index in [0.29, 0.717) is 6.79 Å². The second-order valence-electron chi connectivity index (χ2n) is 6.43. The van der Waals surface area contributed by atoms with Gasteiger partial charge in [-0.15, -0.1) is 0 Å². The zero-order valence-electron chi connectivity index (χ0n) is 12.8. The molecule has 0 aromatic heterocycles. The molecule has 0 radical (unpaired) electrons. The van der Waals surface area contributed by atoms with Gasteiger partial charge in [0.05, 0.1) is 6.10 Å². The van der Waals surface area contributed by atoms with Crippen molar-refractivity contribution in [2.24, 2.45) is 5.41 Å². The number of ether oxygens (including phenoxy) is 2. The van der Waals surface area contributed by atoms with Gasteiger partial charge in [-0.05, 0) is 43.4 Å². The second-order valence-corrected chi connectivity index (χ2v) is 6.43. The van der Waals surface area contributed by atoms with E-state index in [1.165, 1.54) is 5.56 Å². The van der Waals surface area contributed by atoms with Gasteiger partial charge in [0.25, 0.3) is 0 Å². The van der Waals surface area contributed by atoms with Crippen molar-refractivity contribution >= 4 is 0 Å². The summed E-state index contributed by atoms with van der Waals surface area (Å²) in [5, 5.41) is 13.0. The molecule has 0 bridgehead atoms. The average Bonchev–Trinajstić information content (AvgIpc) is 2.81. The van der Waals surface area contributed by atoms with Crippen molar-refractivity contribution in [2.75, 3.05) is 13.3 Å². The number of aliphatic hydroxyl groups is 1. The smallest absolute Gasteiger partial charge is 0.231 e. The van der Waals surface area contributed by atoms with Crippen LogP contribution >= 0.6 is 0 Å². The standard InChI is InChI=1S/C16H25NO3/c1-11(18)8-16(3,4)9-17-12(2)13-5-6-14-15(7-13)20-10-19-14/h5-7,11-12,17-18H,8-10H2,1-4H3/t11-,12+/m0/s1. The van der Waals surface area contributed by atoms with Gasteiger partial charge in [0.2, 0.25) is 6.79 Å². The molecule has 0 fully saturated rings. The lowest BCUT2D eigenvalue weighted by atomic mass is 9.86. The third-order valence-corrected chi connectivity index (χ3v) is 3.63. The maximum absolute atomic E-state index is 9.52. The number of hydrogen-bond donors (Lipinski definition) is 2. The number of hydrogen-bond acceptors (Lipinski definition) is 4. The van der Waals surface area contributed by atoms with E-state index in [4.69, 9.17) is 9.47 Å². The Bertz CT molecular complexity index is 457. The zero-order chi connectivity index (χ0) is 14.8. The summed E-state index contributed by atoms with van der Waals surface area (Å²) in [4.78, 5) is 0. The Morgan fingerprint density at radius 1 is 1.25 bits per heavy atom. The fraction of sp³-hybridized carbons (Fsp3) is 0.625. The monoisotopic (exact) mass is 279 g/mol. The molecule has 112 valence electrons. The molecule has 1 aromatic carbocycles. The number of rotatable bonds is 6. The van der Waals surface area contributed by atoms with Crippen LogP contribution in [0.5, 0.6) is 11.5 Å². The lowest BCUT2D eigenvalue weighted by Crippen LogP contribution is -2.33. The predicted molar refractivity (Wildman–Crippen MR) is 79.1 cm³/mol. The van der Waals surface area contributed by atoms with Crippen LogP contribution in [0.3, 0.4) is 0 Å². The van der Waals surface area contributed by atoms with Crippen LogP contribution in [0.15, 0.2) is 18.2 Å². The summed E-state index contributed by atoms with van der Waals surface area (Å²) in [6, 6.07) is 6.28. The molecule has 1 aliphatic heterocycles. The maximum Gasteiger partial charge on any atom is 0.231 e. The fourth-order valence-electron chi connectivity index (χ4n) is 2.60. The molecule has 1 heterocycles. The van der Waals surface area contributed by atoms with E-state index >= 15 is 0 Å². The minimum absolute atomic E-state index is 0.0682. The van der Waals surface area contributed by atoms with Gasteiger partial charge in [-0.2, -0.15) is 0 Å². The van der Waals surface area contributed by atoms with Crippen LogP contribution in [0.4, 0.5) is 0 Å². The Labute approximate surface area is 121 Å². The lowest BCUT2D eigenvalue weighted by molar-refractivity contribution is 0.127. The zero-order valence-corrected chi connectivity index (χ0v) is 12.8. The van der Waals surface area contributed by atoms with E-state index < -0.39 is 0 Å². The molecule has 2 atom stereocenters. The van der Waals surface area contributed by atoms with E-state index in [1.807, 2.05) is 19.1 Å². The highest BCUT2D eigenvalue weighted by atomic mass is 16.7. The molecular weight excluding hydrogens is 254 g/mol. The molecule has 0 unspecified atom stereocenters. The van der Waals surface area contributed by atoms with Crippen molar-refractivity contribution in [1.82, 2.24) is 5.32 Å². The average molecular weight is 279 g/mol. The highest BCUT2D eigenvalue weighted by molar-refractivity contribution is 5.45. The molecule has 2 rings (SSSR count). The topological polar surface area (TPSA) is 50.7 Å². The highest BCUT2D eigenvalue weighted by Gasteiger charge is 2.22. The van der Waals surface area contributed by atoms with Gasteiger partial charge in [0.15, 0.2) is 11.5 Å². The van der Waals surface area contributed by atoms with Crippen molar-refractivity contribution in [1.29, 1.82) is 0 Å². The van der Waals surface area contributed by atoms with E-state index in [-0.39, 0.29) is 17.6 Å². The van der Waals surface area contributed by atoms with Crippen LogP contribution in [0.2, 0.25) is 0 Å². The molecule has 4 nitrogen and oxygen atoms in total. The third kappa shape index (κ3) is 3.87. The van der Waals surface area contributed by atoms with Crippen molar-refractivity contribution in [3.05, 3.63) is 23.8 Å². The number of aliphatic hydroxyl groups excluding tert-OH is 1. The lowest BCUT2D eigenvalue weighted by Gasteiger charge is -2.28. The minimum atomic E-state index is -0.271. The molecule has 1 aliphatic rings. The van der Waals surface area contributed by atoms with Gasteiger partial charge in [-0.3, -0.25) is 0 Å². The van der Waals surface area contributed by atoms with Crippen molar-refractivity contribution in [3.8, 4) is 11.5 Å². The molecule has 0 amide bonds. The number of fused-ring (bicyclic) bond motifs is 1. The van der Waals surface area contributed by atoms with Crippen LogP contribution in [0, 0.1) is 5.41 Å². The first kappa shape index (κ1) is 15.1. The normalized spacial score (nSPS) is 17.1. The number of benzene rings is 1. The minimum Gasteiger partial charge on any atom is -0.454 e. The highest BCUT2D eigenvalue weighted by Crippen LogP contribution is 2.34. The number of nitrogens with one attached hydrogen (secondary N) is 1. The Balaban J connectivity index is 1.93. The molecule has 0 saturated carbocycles. The first-order valence-electron chi connectivity index (χ1n) is 7.18. The van der Waals surface area contributed by atoms with Gasteiger partial charge in [0, 0.05) is 12.6 Å². The van der Waals surface area contributed by atoms with Gasteiger partial charge in [0.1, 0.15) is 0 Å². The quantitative estimate of drug-likeness (QED) is 0.840. The predicted octanol–water partition coefficient (Wildman–Crippen LogP) is 2.86. The molecule has 0 spiro atoms. The van der Waals surface area contributed by atoms with E-state index in [1.54, 1.807) is 0 Å². The molecular formula is C16H25NO3. The van der Waals surface area contributed by atoms with Crippen molar-refractivity contribution in [3.63, 3.8) is 0 Å². The Hall–Kier alpha value is -1.26. The summed E-state index contributed by atoms with van der Waals surface area (Å²) < 4.78 is 10.7. The van der Waals surface area contributed by atoms with Gasteiger partial charge < -0.3 is 19.9 Å². The SMILES string of the molecule is C[C@H](O)CC(C)(C)CN[C@H](C)c1ccc2c(c1)OCO2. The summed E-state index contributed by atoms with van der Waals surface area (Å²) in [6.45, 7) is 9.46. The summed E-state index contributed by atoms with van der Waals surface area (Å²) in [6.07, 6.45) is 0.515. The van der Waals surface area contributed by atoms with E-state index in [9.17, 15) is 5.11 Å². The summed E-state index contributed by atoms with van der Waals surface area (Å²) >= 11 is 0. The van der Waals surface area contributed by atoms with Crippen LogP contribution in [-0.4, -0.2) is 24.5 Å². The van der Waals surface area contributed by atoms with E-state index in [2.05, 4.69) is 32.2 Å².